The largest absolute Gasteiger partial charge is 0.493 e. The molecule has 0 aliphatic carbocycles. The van der Waals surface area contributed by atoms with Crippen molar-refractivity contribution >= 4 is 18.2 Å². The molecule has 0 fully saturated rings. The second kappa shape index (κ2) is 6.39. The number of ether oxygens (including phenoxy) is 2. The van der Waals surface area contributed by atoms with Crippen molar-refractivity contribution < 1.29 is 23.9 Å². The van der Waals surface area contributed by atoms with E-state index in [4.69, 9.17) is 9.47 Å². The molecule has 1 rings (SSSR count). The highest BCUT2D eigenvalue weighted by Gasteiger charge is 2.07. The van der Waals surface area contributed by atoms with Crippen LogP contribution in [0.15, 0.2) is 23.4 Å². The Hall–Kier alpha value is -2.37. The van der Waals surface area contributed by atoms with Crippen LogP contribution in [0.4, 0.5) is 0 Å². The number of hydrogen-bond acceptors (Lipinski definition) is 6. The Bertz CT molecular complexity index is 481. The Morgan fingerprint density at radius 2 is 1.89 bits per heavy atom. The SMILES string of the molecule is COc1cc(C=NOC(C)=O)ccc1OC(C)=O. The monoisotopic (exact) mass is 251 g/mol. The first-order valence-corrected chi connectivity index (χ1v) is 5.10. The molecule has 6 heteroatoms. The fourth-order valence-corrected chi connectivity index (χ4v) is 1.17. The number of nitrogens with zero attached hydrogens (tertiary/aromatic N) is 1. The lowest BCUT2D eigenvalue weighted by atomic mass is 10.2. The quantitative estimate of drug-likeness (QED) is 0.266. The predicted molar refractivity (Wildman–Crippen MR) is 63.7 cm³/mol. The molecule has 0 saturated heterocycles. The van der Waals surface area contributed by atoms with E-state index < -0.39 is 11.9 Å². The molecule has 0 unspecified atom stereocenters. The predicted octanol–water partition coefficient (Wildman–Crippen LogP) is 1.52. The van der Waals surface area contributed by atoms with Gasteiger partial charge in [-0.1, -0.05) is 5.16 Å². The molecule has 0 amide bonds. The van der Waals surface area contributed by atoms with Crippen LogP contribution in [-0.4, -0.2) is 25.3 Å². The molecule has 0 aliphatic heterocycles. The molecular formula is C12H13NO5. The number of carbonyl (C=O) groups is 2. The van der Waals surface area contributed by atoms with Crippen molar-refractivity contribution in [3.05, 3.63) is 23.8 Å². The maximum absolute atomic E-state index is 10.9. The van der Waals surface area contributed by atoms with Crippen molar-refractivity contribution in [2.45, 2.75) is 13.8 Å². The summed E-state index contributed by atoms with van der Waals surface area (Å²) in [7, 11) is 1.45. The summed E-state index contributed by atoms with van der Waals surface area (Å²) in [5.41, 5.74) is 0.643. The summed E-state index contributed by atoms with van der Waals surface area (Å²) >= 11 is 0. The van der Waals surface area contributed by atoms with Gasteiger partial charge < -0.3 is 14.3 Å². The van der Waals surface area contributed by atoms with E-state index >= 15 is 0 Å². The van der Waals surface area contributed by atoms with Crippen LogP contribution in [-0.2, 0) is 14.4 Å². The fourth-order valence-electron chi connectivity index (χ4n) is 1.17. The van der Waals surface area contributed by atoms with E-state index in [0.29, 0.717) is 17.1 Å². The Morgan fingerprint density at radius 1 is 1.17 bits per heavy atom. The number of rotatable bonds is 4. The van der Waals surface area contributed by atoms with E-state index in [1.165, 1.54) is 27.2 Å². The van der Waals surface area contributed by atoms with Crippen molar-refractivity contribution in [1.29, 1.82) is 0 Å². The third-order valence-electron chi connectivity index (χ3n) is 1.82. The van der Waals surface area contributed by atoms with Gasteiger partial charge in [0.25, 0.3) is 0 Å². The van der Waals surface area contributed by atoms with Gasteiger partial charge in [-0.2, -0.15) is 0 Å². The second-order valence-electron chi connectivity index (χ2n) is 3.32. The molecule has 18 heavy (non-hydrogen) atoms. The van der Waals surface area contributed by atoms with E-state index in [9.17, 15) is 9.59 Å². The van der Waals surface area contributed by atoms with Gasteiger partial charge in [-0.25, -0.2) is 4.79 Å². The van der Waals surface area contributed by atoms with Crippen LogP contribution >= 0.6 is 0 Å². The first-order chi connectivity index (χ1) is 8.52. The normalized spacial score (nSPS) is 10.2. The van der Waals surface area contributed by atoms with Gasteiger partial charge in [0.05, 0.1) is 13.3 Å². The van der Waals surface area contributed by atoms with Crippen LogP contribution in [0, 0.1) is 0 Å². The van der Waals surface area contributed by atoms with Gasteiger partial charge in [-0.15, -0.1) is 0 Å². The summed E-state index contributed by atoms with van der Waals surface area (Å²) in [4.78, 5) is 25.8. The maximum Gasteiger partial charge on any atom is 0.331 e. The molecule has 0 spiro atoms. The lowest BCUT2D eigenvalue weighted by Crippen LogP contribution is -2.03. The number of carbonyl (C=O) groups excluding carboxylic acids is 2. The minimum atomic E-state index is -0.505. The molecule has 1 aromatic carbocycles. The number of oxime groups is 1. The molecule has 0 bridgehead atoms. The van der Waals surface area contributed by atoms with Gasteiger partial charge in [0.1, 0.15) is 0 Å². The molecule has 1 aromatic rings. The third-order valence-corrected chi connectivity index (χ3v) is 1.82. The fraction of sp³-hybridized carbons (Fsp3) is 0.250. The molecule has 0 N–H and O–H groups in total. The van der Waals surface area contributed by atoms with Crippen LogP contribution in [0.5, 0.6) is 11.5 Å². The van der Waals surface area contributed by atoms with Crippen LogP contribution in [0.25, 0.3) is 0 Å². The van der Waals surface area contributed by atoms with Gasteiger partial charge in [0.15, 0.2) is 11.5 Å². The van der Waals surface area contributed by atoms with E-state index in [0.717, 1.165) is 0 Å². The van der Waals surface area contributed by atoms with Gasteiger partial charge in [-0.3, -0.25) is 4.79 Å². The number of esters is 1. The average Bonchev–Trinajstić information content (AvgIpc) is 2.29. The van der Waals surface area contributed by atoms with Crippen molar-refractivity contribution in [3.63, 3.8) is 0 Å². The highest BCUT2D eigenvalue weighted by molar-refractivity contribution is 5.81. The zero-order valence-electron chi connectivity index (χ0n) is 10.3. The van der Waals surface area contributed by atoms with E-state index in [1.807, 2.05) is 0 Å². The lowest BCUT2D eigenvalue weighted by molar-refractivity contribution is -0.140. The zero-order chi connectivity index (χ0) is 13.5. The number of methoxy groups -OCH3 is 1. The molecular weight excluding hydrogens is 238 g/mol. The van der Waals surface area contributed by atoms with Gasteiger partial charge in [-0.05, 0) is 18.2 Å². The first kappa shape index (κ1) is 13.7. The minimum Gasteiger partial charge on any atom is -0.493 e. The topological polar surface area (TPSA) is 74.2 Å². The smallest absolute Gasteiger partial charge is 0.331 e. The highest BCUT2D eigenvalue weighted by atomic mass is 16.7. The van der Waals surface area contributed by atoms with Crippen molar-refractivity contribution in [2.75, 3.05) is 7.11 Å². The van der Waals surface area contributed by atoms with Gasteiger partial charge >= 0.3 is 11.9 Å². The Morgan fingerprint density at radius 3 is 2.44 bits per heavy atom. The van der Waals surface area contributed by atoms with Crippen molar-refractivity contribution in [3.8, 4) is 11.5 Å². The van der Waals surface area contributed by atoms with Crippen molar-refractivity contribution in [2.24, 2.45) is 5.16 Å². The number of hydrogen-bond donors (Lipinski definition) is 0. The molecule has 0 aliphatic rings. The number of benzene rings is 1. The van der Waals surface area contributed by atoms with Crippen molar-refractivity contribution in [1.82, 2.24) is 0 Å². The first-order valence-electron chi connectivity index (χ1n) is 5.10. The zero-order valence-corrected chi connectivity index (χ0v) is 10.3. The van der Waals surface area contributed by atoms with Crippen LogP contribution in [0.2, 0.25) is 0 Å². The molecule has 6 nitrogen and oxygen atoms in total. The summed E-state index contributed by atoms with van der Waals surface area (Å²) in [6.07, 6.45) is 1.35. The maximum atomic E-state index is 10.9. The third kappa shape index (κ3) is 4.25. The summed E-state index contributed by atoms with van der Waals surface area (Å²) in [6, 6.07) is 4.81. The summed E-state index contributed by atoms with van der Waals surface area (Å²) in [6.45, 7) is 2.55. The molecule has 0 aromatic heterocycles. The van der Waals surface area contributed by atoms with E-state index in [-0.39, 0.29) is 0 Å². The van der Waals surface area contributed by atoms with E-state index in [1.54, 1.807) is 18.2 Å². The molecule has 0 heterocycles. The van der Waals surface area contributed by atoms with Crippen LogP contribution in [0.3, 0.4) is 0 Å². The van der Waals surface area contributed by atoms with E-state index in [2.05, 4.69) is 9.99 Å². The summed E-state index contributed by atoms with van der Waals surface area (Å²) < 4.78 is 10.0. The lowest BCUT2D eigenvalue weighted by Gasteiger charge is -2.07. The molecule has 0 atom stereocenters. The molecule has 0 saturated carbocycles. The second-order valence-corrected chi connectivity index (χ2v) is 3.32. The Balaban J connectivity index is 2.87. The summed E-state index contributed by atoms with van der Waals surface area (Å²) in [5, 5.41) is 3.47. The van der Waals surface area contributed by atoms with Gasteiger partial charge in [0.2, 0.25) is 0 Å². The van der Waals surface area contributed by atoms with Crippen LogP contribution < -0.4 is 9.47 Å². The Kier molecular flexibility index (Phi) is 4.86. The molecule has 0 radical (unpaired) electrons. The standard InChI is InChI=1S/C12H13NO5/c1-8(14)17-11-5-4-10(6-12(11)16-3)7-13-18-9(2)15/h4-7H,1-3H3. The minimum absolute atomic E-state index is 0.314. The average molecular weight is 251 g/mol. The molecule has 96 valence electrons. The Labute approximate surface area is 104 Å². The summed E-state index contributed by atoms with van der Waals surface area (Å²) in [5.74, 6) is -0.240. The van der Waals surface area contributed by atoms with Crippen LogP contribution in [0.1, 0.15) is 19.4 Å². The van der Waals surface area contributed by atoms with Gasteiger partial charge in [0, 0.05) is 19.4 Å². The highest BCUT2D eigenvalue weighted by Crippen LogP contribution is 2.27.